The Hall–Kier alpha value is -3.70. The summed E-state index contributed by atoms with van der Waals surface area (Å²) in [6.07, 6.45) is -3.05. The van der Waals surface area contributed by atoms with E-state index in [1.807, 2.05) is 6.07 Å². The molecule has 1 aliphatic heterocycles. The summed E-state index contributed by atoms with van der Waals surface area (Å²) < 4.78 is 16.4. The molecule has 3 rings (SSSR count). The molecule has 0 aliphatic carbocycles. The van der Waals surface area contributed by atoms with Crippen LogP contribution < -0.4 is 5.32 Å². The van der Waals surface area contributed by atoms with Crippen molar-refractivity contribution in [2.24, 2.45) is 0 Å². The molecule has 1 N–H and O–H groups in total. The Morgan fingerprint density at radius 1 is 1.00 bits per heavy atom. The van der Waals surface area contributed by atoms with Gasteiger partial charge in [-0.15, -0.1) is 0 Å². The van der Waals surface area contributed by atoms with Crippen LogP contribution in [-0.4, -0.2) is 48.8 Å². The van der Waals surface area contributed by atoms with E-state index in [0.29, 0.717) is 11.1 Å². The number of rotatable bonds is 6. The largest absolute Gasteiger partial charge is 0.459 e. The average molecular weight is 408 g/mol. The number of hydrogen-bond donors (Lipinski definition) is 1. The number of esters is 2. The van der Waals surface area contributed by atoms with E-state index in [1.54, 1.807) is 60.7 Å². The monoisotopic (exact) mass is 408 g/mol. The first-order valence-electron chi connectivity index (χ1n) is 9.30. The number of ether oxygens (including phenoxy) is 3. The maximum absolute atomic E-state index is 12.5. The Morgan fingerprint density at radius 3 is 2.10 bits per heavy atom. The number of benzene rings is 2. The highest BCUT2D eigenvalue weighted by Crippen LogP contribution is 2.26. The summed E-state index contributed by atoms with van der Waals surface area (Å²) >= 11 is 0. The first-order chi connectivity index (χ1) is 14.5. The van der Waals surface area contributed by atoms with Crippen molar-refractivity contribution >= 4 is 17.8 Å². The maximum atomic E-state index is 12.5. The minimum atomic E-state index is -1.13. The van der Waals surface area contributed by atoms with Crippen LogP contribution in [0.3, 0.4) is 0 Å². The van der Waals surface area contributed by atoms with Crippen LogP contribution in [0.5, 0.6) is 0 Å². The Bertz CT molecular complexity index is 941. The van der Waals surface area contributed by atoms with Crippen molar-refractivity contribution in [1.29, 1.82) is 5.26 Å². The molecular formula is C22H20N2O6. The van der Waals surface area contributed by atoms with E-state index in [0.717, 1.165) is 0 Å². The van der Waals surface area contributed by atoms with Crippen LogP contribution >= 0.6 is 0 Å². The molecular weight excluding hydrogens is 388 g/mol. The van der Waals surface area contributed by atoms with Crippen molar-refractivity contribution in [3.63, 3.8) is 0 Å². The molecule has 154 valence electrons. The normalized spacial score (nSPS) is 22.5. The van der Waals surface area contributed by atoms with Gasteiger partial charge in [0.05, 0.1) is 23.2 Å². The fraction of sp³-hybridized carbons (Fsp3) is 0.273. The summed E-state index contributed by atoms with van der Waals surface area (Å²) in [5.74, 6) is -1.62. The van der Waals surface area contributed by atoms with Crippen molar-refractivity contribution in [2.45, 2.75) is 31.3 Å². The number of amides is 1. The predicted octanol–water partition coefficient (Wildman–Crippen LogP) is 1.86. The zero-order valence-corrected chi connectivity index (χ0v) is 16.2. The Balaban J connectivity index is 1.73. The number of nitriles is 1. The van der Waals surface area contributed by atoms with Gasteiger partial charge in [0.15, 0.2) is 12.2 Å². The number of nitrogens with zero attached hydrogens (tertiary/aromatic N) is 1. The summed E-state index contributed by atoms with van der Waals surface area (Å²) in [5.41, 5.74) is 0.658. The Kier molecular flexibility index (Phi) is 6.78. The first-order valence-corrected chi connectivity index (χ1v) is 9.30. The smallest absolute Gasteiger partial charge is 0.338 e. The van der Waals surface area contributed by atoms with Crippen molar-refractivity contribution in [1.82, 2.24) is 5.32 Å². The van der Waals surface area contributed by atoms with Crippen molar-refractivity contribution in [2.75, 3.05) is 6.61 Å². The molecule has 0 radical (unpaired) electrons. The molecule has 2 aromatic rings. The van der Waals surface area contributed by atoms with Crippen molar-refractivity contribution in [3.05, 3.63) is 71.8 Å². The number of nitrogens with one attached hydrogen (secondary N) is 1. The molecule has 0 unspecified atom stereocenters. The van der Waals surface area contributed by atoms with Crippen LogP contribution in [0.4, 0.5) is 0 Å². The molecule has 1 heterocycles. The molecule has 1 amide bonds. The number of carbonyl (C=O) groups excluding carboxylic acids is 3. The maximum Gasteiger partial charge on any atom is 0.338 e. The minimum absolute atomic E-state index is 0.226. The van der Waals surface area contributed by atoms with E-state index in [2.05, 4.69) is 5.32 Å². The lowest BCUT2D eigenvalue weighted by Crippen LogP contribution is -2.50. The summed E-state index contributed by atoms with van der Waals surface area (Å²) in [6.45, 7) is 1.07. The van der Waals surface area contributed by atoms with Gasteiger partial charge in [-0.2, -0.15) is 5.26 Å². The van der Waals surface area contributed by atoms with Gasteiger partial charge in [0.25, 0.3) is 0 Å². The zero-order chi connectivity index (χ0) is 21.5. The molecule has 0 saturated carbocycles. The molecule has 1 saturated heterocycles. The van der Waals surface area contributed by atoms with Crippen LogP contribution in [0, 0.1) is 11.3 Å². The van der Waals surface area contributed by atoms with Gasteiger partial charge in [-0.3, -0.25) is 4.79 Å². The second-order valence-corrected chi connectivity index (χ2v) is 6.65. The number of hydrogen-bond acceptors (Lipinski definition) is 7. The lowest BCUT2D eigenvalue weighted by molar-refractivity contribution is -0.120. The third-order valence-corrected chi connectivity index (χ3v) is 4.51. The van der Waals surface area contributed by atoms with E-state index < -0.39 is 42.2 Å². The summed E-state index contributed by atoms with van der Waals surface area (Å²) in [6, 6.07) is 17.7. The van der Waals surface area contributed by atoms with Gasteiger partial charge in [-0.1, -0.05) is 36.4 Å². The van der Waals surface area contributed by atoms with E-state index in [9.17, 15) is 19.6 Å². The van der Waals surface area contributed by atoms with E-state index in [1.165, 1.54) is 6.92 Å². The van der Waals surface area contributed by atoms with Gasteiger partial charge in [0.2, 0.25) is 5.91 Å². The second kappa shape index (κ2) is 9.67. The van der Waals surface area contributed by atoms with E-state index in [4.69, 9.17) is 14.2 Å². The van der Waals surface area contributed by atoms with Crippen molar-refractivity contribution < 1.29 is 28.6 Å². The standard InChI is InChI=1S/C22H20N2O6/c1-14(25)24-19-18(13-28-21(26)15-8-4-2-5-9-15)29-17(12-23)20(19)30-22(27)16-10-6-3-7-11-16/h2-11,17-20H,13H2,1H3,(H,24,25)/t17-,18+,19-,20-/m0/s1. The van der Waals surface area contributed by atoms with E-state index >= 15 is 0 Å². The predicted molar refractivity (Wildman–Crippen MR) is 104 cm³/mol. The van der Waals surface area contributed by atoms with Crippen LogP contribution in [-0.2, 0) is 19.0 Å². The van der Waals surface area contributed by atoms with Crippen LogP contribution in [0.1, 0.15) is 27.6 Å². The highest BCUT2D eigenvalue weighted by Gasteiger charge is 2.48. The lowest BCUT2D eigenvalue weighted by Gasteiger charge is -2.23. The first kappa shape index (κ1) is 21.0. The van der Waals surface area contributed by atoms with E-state index in [-0.39, 0.29) is 6.61 Å². The van der Waals surface area contributed by atoms with Crippen LogP contribution in [0.15, 0.2) is 60.7 Å². The summed E-state index contributed by atoms with van der Waals surface area (Å²) in [7, 11) is 0. The third-order valence-electron chi connectivity index (χ3n) is 4.51. The molecule has 0 spiro atoms. The number of carbonyl (C=O) groups is 3. The second-order valence-electron chi connectivity index (χ2n) is 6.65. The molecule has 8 heteroatoms. The fourth-order valence-electron chi connectivity index (χ4n) is 3.12. The molecule has 4 atom stereocenters. The Morgan fingerprint density at radius 2 is 1.57 bits per heavy atom. The average Bonchev–Trinajstić information content (AvgIpc) is 3.08. The van der Waals surface area contributed by atoms with Gasteiger partial charge in [-0.25, -0.2) is 9.59 Å². The SMILES string of the molecule is CC(=O)N[C@@H]1[C@@H](OC(=O)c2ccccc2)[C@H](C#N)O[C@@H]1COC(=O)c1ccccc1. The highest BCUT2D eigenvalue weighted by atomic mass is 16.6. The molecule has 0 aromatic heterocycles. The summed E-state index contributed by atoms with van der Waals surface area (Å²) in [4.78, 5) is 36.4. The topological polar surface area (TPSA) is 115 Å². The minimum Gasteiger partial charge on any atom is -0.459 e. The van der Waals surface area contributed by atoms with Crippen LogP contribution in [0.25, 0.3) is 0 Å². The Labute approximate surface area is 173 Å². The fourth-order valence-corrected chi connectivity index (χ4v) is 3.12. The molecule has 1 aliphatic rings. The lowest BCUT2D eigenvalue weighted by atomic mass is 10.0. The molecule has 1 fully saturated rings. The molecule has 2 aromatic carbocycles. The van der Waals surface area contributed by atoms with Gasteiger partial charge in [0, 0.05) is 6.92 Å². The van der Waals surface area contributed by atoms with Gasteiger partial charge in [0.1, 0.15) is 12.7 Å². The highest BCUT2D eigenvalue weighted by molar-refractivity contribution is 5.90. The van der Waals surface area contributed by atoms with Gasteiger partial charge >= 0.3 is 11.9 Å². The van der Waals surface area contributed by atoms with Crippen LogP contribution in [0.2, 0.25) is 0 Å². The third kappa shape index (κ3) is 5.01. The quantitative estimate of drug-likeness (QED) is 0.726. The molecule has 0 bridgehead atoms. The van der Waals surface area contributed by atoms with Crippen molar-refractivity contribution in [3.8, 4) is 6.07 Å². The molecule has 30 heavy (non-hydrogen) atoms. The van der Waals surface area contributed by atoms with Gasteiger partial charge in [-0.05, 0) is 24.3 Å². The van der Waals surface area contributed by atoms with Gasteiger partial charge < -0.3 is 19.5 Å². The molecule has 8 nitrogen and oxygen atoms in total. The summed E-state index contributed by atoms with van der Waals surface area (Å²) in [5, 5.41) is 12.1. The zero-order valence-electron chi connectivity index (χ0n) is 16.2.